The number of carbonyl (C=O) groups excluding carboxylic acids is 2. The summed E-state index contributed by atoms with van der Waals surface area (Å²) in [6, 6.07) is 24.6. The highest BCUT2D eigenvalue weighted by Crippen LogP contribution is 2.20. The second-order valence-corrected chi connectivity index (χ2v) is 6.85. The lowest BCUT2D eigenvalue weighted by molar-refractivity contribution is -0.120. The van der Waals surface area contributed by atoms with E-state index in [1.165, 1.54) is 6.92 Å². The van der Waals surface area contributed by atoms with Crippen molar-refractivity contribution >= 4 is 23.6 Å². The predicted molar refractivity (Wildman–Crippen MR) is 119 cm³/mol. The molecule has 0 aliphatic heterocycles. The number of hydrogen-bond acceptors (Lipinski definition) is 3. The van der Waals surface area contributed by atoms with Gasteiger partial charge in [-0.3, -0.25) is 9.59 Å². The Morgan fingerprint density at radius 3 is 2.40 bits per heavy atom. The van der Waals surface area contributed by atoms with Crippen LogP contribution in [0, 0.1) is 6.92 Å². The summed E-state index contributed by atoms with van der Waals surface area (Å²) in [5.74, 6) is -0.0841. The van der Waals surface area contributed by atoms with Crippen molar-refractivity contribution in [1.82, 2.24) is 5.32 Å². The Balaban J connectivity index is 1.74. The van der Waals surface area contributed by atoms with Crippen molar-refractivity contribution in [3.63, 3.8) is 0 Å². The average molecular weight is 400 g/mol. The van der Waals surface area contributed by atoms with Crippen LogP contribution in [0.1, 0.15) is 23.6 Å². The molecule has 0 atom stereocenters. The fourth-order valence-corrected chi connectivity index (χ4v) is 2.86. The van der Waals surface area contributed by atoms with Crippen molar-refractivity contribution in [2.24, 2.45) is 0 Å². The molecule has 30 heavy (non-hydrogen) atoms. The molecule has 0 saturated heterocycles. The Morgan fingerprint density at radius 2 is 1.67 bits per heavy atom. The number of ether oxygens (including phenoxy) is 1. The predicted octanol–water partition coefficient (Wildman–Crippen LogP) is 4.69. The number of anilines is 1. The summed E-state index contributed by atoms with van der Waals surface area (Å²) in [7, 11) is 0. The Kier molecular flexibility index (Phi) is 7.00. The van der Waals surface area contributed by atoms with E-state index in [1.807, 2.05) is 67.6 Å². The van der Waals surface area contributed by atoms with E-state index in [1.54, 1.807) is 24.3 Å². The zero-order chi connectivity index (χ0) is 21.3. The van der Waals surface area contributed by atoms with Crippen LogP contribution in [0.2, 0.25) is 0 Å². The highest BCUT2D eigenvalue weighted by Gasteiger charge is 2.13. The van der Waals surface area contributed by atoms with Gasteiger partial charge in [-0.05, 0) is 41.8 Å². The molecule has 3 rings (SSSR count). The monoisotopic (exact) mass is 400 g/mol. The summed E-state index contributed by atoms with van der Waals surface area (Å²) in [6.07, 6.45) is 1.67. The van der Waals surface area contributed by atoms with E-state index >= 15 is 0 Å². The molecule has 0 aromatic heterocycles. The summed E-state index contributed by atoms with van der Waals surface area (Å²) in [6.45, 7) is 3.75. The quantitative estimate of drug-likeness (QED) is 0.566. The maximum atomic E-state index is 12.8. The molecule has 0 saturated carbocycles. The molecule has 0 radical (unpaired) electrons. The summed E-state index contributed by atoms with van der Waals surface area (Å²) in [5, 5.41) is 5.44. The van der Waals surface area contributed by atoms with Crippen LogP contribution < -0.4 is 15.4 Å². The minimum absolute atomic E-state index is 0.174. The second kappa shape index (κ2) is 10.1. The van der Waals surface area contributed by atoms with E-state index in [9.17, 15) is 9.59 Å². The molecule has 2 N–H and O–H groups in total. The summed E-state index contributed by atoms with van der Waals surface area (Å²) < 4.78 is 5.82. The van der Waals surface area contributed by atoms with Gasteiger partial charge in [0.1, 0.15) is 18.1 Å². The minimum Gasteiger partial charge on any atom is -0.489 e. The Bertz CT molecular complexity index is 1060. The Hall–Kier alpha value is -3.86. The zero-order valence-corrected chi connectivity index (χ0v) is 17.0. The van der Waals surface area contributed by atoms with Crippen LogP contribution in [0.5, 0.6) is 5.75 Å². The van der Waals surface area contributed by atoms with Gasteiger partial charge in [0.25, 0.3) is 5.91 Å². The first kappa shape index (κ1) is 20.9. The van der Waals surface area contributed by atoms with E-state index in [-0.39, 0.29) is 11.6 Å². The third-order valence-corrected chi connectivity index (χ3v) is 4.38. The number of hydrogen-bond donors (Lipinski definition) is 2. The average Bonchev–Trinajstić information content (AvgIpc) is 2.74. The maximum absolute atomic E-state index is 12.8. The van der Waals surface area contributed by atoms with Crippen LogP contribution in [-0.4, -0.2) is 11.8 Å². The van der Waals surface area contributed by atoms with Gasteiger partial charge in [-0.1, -0.05) is 60.7 Å². The van der Waals surface area contributed by atoms with E-state index in [0.29, 0.717) is 18.0 Å². The van der Waals surface area contributed by atoms with E-state index < -0.39 is 5.91 Å². The first-order valence-electron chi connectivity index (χ1n) is 9.64. The van der Waals surface area contributed by atoms with Crippen molar-refractivity contribution < 1.29 is 14.3 Å². The number of carbonyl (C=O) groups is 2. The molecule has 0 unspecified atom stereocenters. The van der Waals surface area contributed by atoms with Crippen molar-refractivity contribution in [3.8, 4) is 5.75 Å². The number of rotatable bonds is 7. The molecule has 3 aromatic rings. The lowest BCUT2D eigenvalue weighted by atomic mass is 10.1. The molecule has 0 heterocycles. The highest BCUT2D eigenvalue weighted by molar-refractivity contribution is 6.08. The Labute approximate surface area is 176 Å². The standard InChI is InChI=1S/C25H24N2O3/c1-18-9-6-7-12-21(18)15-24(26-19(2)28)25(29)27-22-13-8-14-23(16-22)30-17-20-10-4-3-5-11-20/h3-16H,17H2,1-2H3,(H,26,28)(H,27,29)/b24-15+. The van der Waals surface area contributed by atoms with Crippen LogP contribution >= 0.6 is 0 Å². The highest BCUT2D eigenvalue weighted by atomic mass is 16.5. The second-order valence-electron chi connectivity index (χ2n) is 6.85. The van der Waals surface area contributed by atoms with Gasteiger partial charge in [-0.15, -0.1) is 0 Å². The lowest BCUT2D eigenvalue weighted by Crippen LogP contribution is -2.29. The third kappa shape index (κ3) is 6.07. The smallest absolute Gasteiger partial charge is 0.272 e. The number of nitrogens with one attached hydrogen (secondary N) is 2. The van der Waals surface area contributed by atoms with E-state index in [2.05, 4.69) is 10.6 Å². The lowest BCUT2D eigenvalue weighted by Gasteiger charge is -2.12. The maximum Gasteiger partial charge on any atom is 0.272 e. The molecule has 152 valence electrons. The van der Waals surface area contributed by atoms with E-state index in [4.69, 9.17) is 4.74 Å². The van der Waals surface area contributed by atoms with Gasteiger partial charge >= 0.3 is 0 Å². The molecular formula is C25H24N2O3. The minimum atomic E-state index is -0.409. The van der Waals surface area contributed by atoms with E-state index in [0.717, 1.165) is 16.7 Å². The van der Waals surface area contributed by atoms with Gasteiger partial charge < -0.3 is 15.4 Å². The molecule has 0 aliphatic carbocycles. The van der Waals surface area contributed by atoms with Crippen molar-refractivity contribution in [1.29, 1.82) is 0 Å². The van der Waals surface area contributed by atoms with Crippen molar-refractivity contribution in [2.45, 2.75) is 20.5 Å². The number of benzene rings is 3. The fraction of sp³-hybridized carbons (Fsp3) is 0.120. The topological polar surface area (TPSA) is 67.4 Å². The summed E-state index contributed by atoms with van der Waals surface area (Å²) >= 11 is 0. The third-order valence-electron chi connectivity index (χ3n) is 4.38. The Morgan fingerprint density at radius 1 is 0.933 bits per heavy atom. The SMILES string of the molecule is CC(=O)N/C(=C/c1ccccc1C)C(=O)Nc1cccc(OCc2ccccc2)c1. The summed E-state index contributed by atoms with van der Waals surface area (Å²) in [5.41, 5.74) is 3.67. The first-order valence-corrected chi connectivity index (χ1v) is 9.64. The largest absolute Gasteiger partial charge is 0.489 e. The molecule has 0 fully saturated rings. The molecular weight excluding hydrogens is 376 g/mol. The molecule has 0 aliphatic rings. The zero-order valence-electron chi connectivity index (χ0n) is 17.0. The first-order chi connectivity index (χ1) is 14.5. The van der Waals surface area contributed by atoms with Gasteiger partial charge in [0.05, 0.1) is 0 Å². The normalized spacial score (nSPS) is 10.9. The van der Waals surface area contributed by atoms with Crippen LogP contribution in [0.3, 0.4) is 0 Å². The summed E-state index contributed by atoms with van der Waals surface area (Å²) in [4.78, 5) is 24.4. The fourth-order valence-electron chi connectivity index (χ4n) is 2.86. The molecule has 5 nitrogen and oxygen atoms in total. The van der Waals surface area contributed by atoms with Gasteiger partial charge in [0.15, 0.2) is 0 Å². The molecule has 3 aromatic carbocycles. The molecule has 0 spiro atoms. The van der Waals surface area contributed by atoms with Crippen LogP contribution in [-0.2, 0) is 16.2 Å². The number of aryl methyl sites for hydroxylation is 1. The van der Waals surface area contributed by atoms with Crippen molar-refractivity contribution in [2.75, 3.05) is 5.32 Å². The van der Waals surface area contributed by atoms with Crippen LogP contribution in [0.15, 0.2) is 84.6 Å². The van der Waals surface area contributed by atoms with Gasteiger partial charge in [-0.2, -0.15) is 0 Å². The number of amides is 2. The van der Waals surface area contributed by atoms with Crippen LogP contribution in [0.4, 0.5) is 5.69 Å². The molecule has 0 bridgehead atoms. The van der Waals surface area contributed by atoms with Gasteiger partial charge in [-0.25, -0.2) is 0 Å². The molecule has 5 heteroatoms. The van der Waals surface area contributed by atoms with Crippen LogP contribution in [0.25, 0.3) is 6.08 Å². The van der Waals surface area contributed by atoms with Gasteiger partial charge in [0.2, 0.25) is 5.91 Å². The van der Waals surface area contributed by atoms with Gasteiger partial charge in [0, 0.05) is 18.7 Å². The van der Waals surface area contributed by atoms with Crippen molar-refractivity contribution in [3.05, 3.63) is 101 Å². The molecule has 2 amide bonds.